The summed E-state index contributed by atoms with van der Waals surface area (Å²) in [4.78, 5) is 26.6. The number of carbonyl (C=O) groups excluding carboxylic acids is 1. The minimum absolute atomic E-state index is 0.158. The van der Waals surface area contributed by atoms with Gasteiger partial charge in [-0.15, -0.1) is 0 Å². The lowest BCUT2D eigenvalue weighted by Crippen LogP contribution is -2.44. The lowest BCUT2D eigenvalue weighted by molar-refractivity contribution is -0.113. The molecule has 0 radical (unpaired) electrons. The first kappa shape index (κ1) is 30.8. The van der Waals surface area contributed by atoms with Crippen LogP contribution in [0, 0.1) is 0 Å². The number of fused-ring (bicyclic) bond motifs is 1. The SMILES string of the molecule is C=C(O)[C@H]1OC[C@H](Oc2nc3nc(-c4ccc(-c5ccc(NC(=O)OCCN6CCOCC6)cc5)cc4)c(Cl)cc3[nH]2)C[C@@H]1O. The zero-order valence-electron chi connectivity index (χ0n) is 24.4. The Balaban J connectivity index is 1.06. The third-order valence-electron chi connectivity index (χ3n) is 7.69. The number of anilines is 1. The van der Waals surface area contributed by atoms with Gasteiger partial charge in [-0.2, -0.15) is 4.98 Å². The number of imidazole rings is 1. The van der Waals surface area contributed by atoms with Crippen molar-refractivity contribution in [3.8, 4) is 28.4 Å². The molecule has 2 saturated heterocycles. The Labute approximate surface area is 264 Å². The van der Waals surface area contributed by atoms with E-state index in [0.717, 1.165) is 29.8 Å². The first-order valence-corrected chi connectivity index (χ1v) is 15.1. The predicted octanol–water partition coefficient (Wildman–Crippen LogP) is 4.79. The van der Waals surface area contributed by atoms with Crippen molar-refractivity contribution in [1.82, 2.24) is 19.9 Å². The van der Waals surface area contributed by atoms with Crippen LogP contribution < -0.4 is 10.1 Å². The number of carbonyl (C=O) groups is 1. The van der Waals surface area contributed by atoms with Crippen LogP contribution in [0.2, 0.25) is 5.02 Å². The van der Waals surface area contributed by atoms with E-state index in [4.69, 9.17) is 30.5 Å². The average Bonchev–Trinajstić information content (AvgIpc) is 3.42. The van der Waals surface area contributed by atoms with Gasteiger partial charge in [0, 0.05) is 37.3 Å². The van der Waals surface area contributed by atoms with Crippen LogP contribution in [0.4, 0.5) is 10.5 Å². The Kier molecular flexibility index (Phi) is 9.47. The number of amides is 1. The van der Waals surface area contributed by atoms with E-state index in [0.29, 0.717) is 53.9 Å². The lowest BCUT2D eigenvalue weighted by atomic mass is 10.0. The number of ether oxygens (including phenoxy) is 4. The molecule has 2 fully saturated rings. The van der Waals surface area contributed by atoms with E-state index >= 15 is 0 Å². The topological polar surface area (TPSA) is 151 Å². The van der Waals surface area contributed by atoms with Crippen LogP contribution in [0.3, 0.4) is 0 Å². The van der Waals surface area contributed by atoms with Crippen molar-refractivity contribution in [2.24, 2.45) is 0 Å². The minimum Gasteiger partial charge on any atom is -0.510 e. The van der Waals surface area contributed by atoms with Crippen molar-refractivity contribution in [3.05, 3.63) is 72.0 Å². The Bertz CT molecular complexity index is 1640. The fraction of sp³-hybridized carbons (Fsp3) is 0.344. The molecule has 236 valence electrons. The molecule has 1 amide bonds. The van der Waals surface area contributed by atoms with Gasteiger partial charge in [-0.3, -0.25) is 10.2 Å². The van der Waals surface area contributed by atoms with Crippen molar-refractivity contribution in [1.29, 1.82) is 0 Å². The second-order valence-electron chi connectivity index (χ2n) is 10.9. The summed E-state index contributed by atoms with van der Waals surface area (Å²) in [6, 6.07) is 17.3. The summed E-state index contributed by atoms with van der Waals surface area (Å²) in [5.74, 6) is -0.218. The molecule has 4 N–H and O–H groups in total. The number of aromatic nitrogens is 3. The van der Waals surface area contributed by atoms with Crippen molar-refractivity contribution >= 4 is 34.5 Å². The van der Waals surface area contributed by atoms with Gasteiger partial charge in [-0.05, 0) is 29.3 Å². The molecular weight excluding hydrogens is 602 g/mol. The monoisotopic (exact) mass is 635 g/mol. The minimum atomic E-state index is -0.943. The first-order chi connectivity index (χ1) is 21.8. The number of H-pyrrole nitrogens is 1. The Hall–Kier alpha value is -4.20. The molecule has 45 heavy (non-hydrogen) atoms. The fourth-order valence-corrected chi connectivity index (χ4v) is 5.57. The summed E-state index contributed by atoms with van der Waals surface area (Å²) >= 11 is 6.60. The summed E-state index contributed by atoms with van der Waals surface area (Å²) in [6.45, 7) is 7.71. The number of benzene rings is 2. The summed E-state index contributed by atoms with van der Waals surface area (Å²) in [7, 11) is 0. The lowest BCUT2D eigenvalue weighted by Gasteiger charge is -2.32. The zero-order chi connectivity index (χ0) is 31.3. The maximum Gasteiger partial charge on any atom is 0.411 e. The Morgan fingerprint density at radius 1 is 1.09 bits per heavy atom. The number of aliphatic hydroxyl groups is 2. The molecule has 3 atom stereocenters. The number of morpholine rings is 1. The van der Waals surface area contributed by atoms with Crippen LogP contribution in [0.15, 0.2) is 66.9 Å². The number of pyridine rings is 1. The van der Waals surface area contributed by atoms with Crippen LogP contribution >= 0.6 is 11.6 Å². The van der Waals surface area contributed by atoms with Gasteiger partial charge in [0.1, 0.15) is 24.6 Å². The van der Waals surface area contributed by atoms with E-state index in [2.05, 4.69) is 31.7 Å². The van der Waals surface area contributed by atoms with Gasteiger partial charge < -0.3 is 34.1 Å². The zero-order valence-corrected chi connectivity index (χ0v) is 25.2. The Morgan fingerprint density at radius 3 is 2.47 bits per heavy atom. The van der Waals surface area contributed by atoms with E-state index in [1.54, 1.807) is 6.07 Å². The van der Waals surface area contributed by atoms with Crippen LogP contribution in [0.5, 0.6) is 6.01 Å². The van der Waals surface area contributed by atoms with E-state index in [9.17, 15) is 15.0 Å². The van der Waals surface area contributed by atoms with Crippen molar-refractivity contribution in [3.63, 3.8) is 0 Å². The molecule has 0 unspecified atom stereocenters. The smallest absolute Gasteiger partial charge is 0.411 e. The highest BCUT2D eigenvalue weighted by molar-refractivity contribution is 6.33. The summed E-state index contributed by atoms with van der Waals surface area (Å²) < 4.78 is 22.0. The van der Waals surface area contributed by atoms with E-state index in [1.165, 1.54) is 0 Å². The second-order valence-corrected chi connectivity index (χ2v) is 11.3. The van der Waals surface area contributed by atoms with E-state index < -0.39 is 24.4 Å². The maximum atomic E-state index is 12.2. The van der Waals surface area contributed by atoms with Gasteiger partial charge in [-0.1, -0.05) is 54.6 Å². The highest BCUT2D eigenvalue weighted by atomic mass is 35.5. The quantitative estimate of drug-likeness (QED) is 0.189. The highest BCUT2D eigenvalue weighted by Crippen LogP contribution is 2.32. The highest BCUT2D eigenvalue weighted by Gasteiger charge is 2.33. The van der Waals surface area contributed by atoms with Crippen molar-refractivity contribution in [2.75, 3.05) is 51.4 Å². The van der Waals surface area contributed by atoms with Crippen LogP contribution in [0.25, 0.3) is 33.5 Å². The van der Waals surface area contributed by atoms with Gasteiger partial charge >= 0.3 is 6.09 Å². The molecule has 2 aliphatic heterocycles. The molecule has 4 heterocycles. The molecule has 2 aromatic heterocycles. The first-order valence-electron chi connectivity index (χ1n) is 14.7. The number of hydrogen-bond donors (Lipinski definition) is 4. The van der Waals surface area contributed by atoms with Gasteiger partial charge in [0.25, 0.3) is 6.01 Å². The molecule has 13 heteroatoms. The van der Waals surface area contributed by atoms with Crippen LogP contribution in [-0.4, -0.2) is 101 Å². The van der Waals surface area contributed by atoms with Crippen LogP contribution in [-0.2, 0) is 14.2 Å². The molecule has 6 rings (SSSR count). The molecule has 0 spiro atoms. The molecule has 0 saturated carbocycles. The number of nitrogens with zero attached hydrogens (tertiary/aromatic N) is 3. The molecule has 2 aromatic carbocycles. The molecule has 2 aliphatic rings. The molecule has 0 aliphatic carbocycles. The standard InChI is InChI=1S/C32H34ClN5O7/c1-19(39)29-27(40)16-24(18-44-29)45-31-35-26-17-25(33)28(36-30(26)37-31)22-4-2-20(3-5-22)21-6-8-23(9-7-21)34-32(41)43-15-12-38-10-13-42-14-11-38/h2-9,17,24,27,29,39-40H,1,10-16,18H2,(H,34,41)(H,35,36,37)/t24-,27+,29-/m1/s1. The summed E-state index contributed by atoms with van der Waals surface area (Å²) in [5.41, 5.74) is 5.01. The fourth-order valence-electron chi connectivity index (χ4n) is 5.31. The largest absolute Gasteiger partial charge is 0.510 e. The van der Waals surface area contributed by atoms with Gasteiger partial charge in [0.05, 0.1) is 42.2 Å². The van der Waals surface area contributed by atoms with E-state index in [-0.39, 0.29) is 24.8 Å². The van der Waals surface area contributed by atoms with Crippen molar-refractivity contribution < 1.29 is 34.0 Å². The van der Waals surface area contributed by atoms with Crippen molar-refractivity contribution in [2.45, 2.75) is 24.7 Å². The molecule has 0 bridgehead atoms. The number of nitrogens with one attached hydrogen (secondary N) is 2. The van der Waals surface area contributed by atoms with Gasteiger partial charge in [0.2, 0.25) is 0 Å². The third kappa shape index (κ3) is 7.55. The number of rotatable bonds is 9. The number of aromatic amines is 1. The predicted molar refractivity (Wildman–Crippen MR) is 169 cm³/mol. The average molecular weight is 636 g/mol. The van der Waals surface area contributed by atoms with E-state index in [1.807, 2.05) is 48.5 Å². The molecule has 12 nitrogen and oxygen atoms in total. The van der Waals surface area contributed by atoms with Gasteiger partial charge in [-0.25, -0.2) is 9.78 Å². The normalized spacial score (nSPS) is 20.5. The number of hydrogen-bond acceptors (Lipinski definition) is 10. The summed E-state index contributed by atoms with van der Waals surface area (Å²) in [6.07, 6.45) is -2.49. The molecule has 4 aromatic rings. The third-order valence-corrected chi connectivity index (χ3v) is 7.98. The number of halogens is 1. The number of aliphatic hydroxyl groups excluding tert-OH is 2. The maximum absolute atomic E-state index is 12.2. The Morgan fingerprint density at radius 2 is 1.78 bits per heavy atom. The van der Waals surface area contributed by atoms with Gasteiger partial charge in [0.15, 0.2) is 5.65 Å². The summed E-state index contributed by atoms with van der Waals surface area (Å²) in [5, 5.41) is 23.0. The van der Waals surface area contributed by atoms with Crippen LogP contribution in [0.1, 0.15) is 6.42 Å². The molecular formula is C32H34ClN5O7. The second kappa shape index (κ2) is 13.8.